The Balaban J connectivity index is 2.02. The predicted molar refractivity (Wildman–Crippen MR) is 75.9 cm³/mol. The molecule has 21 heavy (non-hydrogen) atoms. The number of fused-ring (bicyclic) bond motifs is 1. The number of H-pyrrole nitrogens is 1. The van der Waals surface area contributed by atoms with Gasteiger partial charge in [-0.3, -0.25) is 4.98 Å². The number of nitrogen functional groups attached to an aromatic ring is 1. The molecule has 1 aromatic rings. The van der Waals surface area contributed by atoms with Gasteiger partial charge in [-0.2, -0.15) is 0 Å². The highest BCUT2D eigenvalue weighted by molar-refractivity contribution is 7.71. The van der Waals surface area contributed by atoms with E-state index in [9.17, 15) is 15.3 Å². The molecule has 0 aromatic carbocycles. The fraction of sp³-hybridized carbons (Fsp3) is 0.500. The van der Waals surface area contributed by atoms with Crippen molar-refractivity contribution < 1.29 is 25.0 Å². The molecule has 0 saturated carbocycles. The first-order valence-corrected chi connectivity index (χ1v) is 6.93. The van der Waals surface area contributed by atoms with Crippen LogP contribution in [0.2, 0.25) is 0 Å². The van der Waals surface area contributed by atoms with E-state index < -0.39 is 24.5 Å². The number of aliphatic hydroxyl groups excluding tert-OH is 3. The summed E-state index contributed by atoms with van der Waals surface area (Å²) in [4.78, 5) is 7.59. The van der Waals surface area contributed by atoms with Gasteiger partial charge in [0.2, 0.25) is 18.0 Å². The van der Waals surface area contributed by atoms with Crippen LogP contribution in [0, 0.1) is 4.64 Å². The van der Waals surface area contributed by atoms with E-state index in [2.05, 4.69) is 9.97 Å². The van der Waals surface area contributed by atoms with Gasteiger partial charge in [-0.15, -0.1) is 0 Å². The minimum absolute atomic E-state index is 0.172. The maximum absolute atomic E-state index is 10.1. The van der Waals surface area contributed by atoms with E-state index in [0.29, 0.717) is 15.4 Å². The molecule has 114 valence electrons. The van der Waals surface area contributed by atoms with E-state index in [0.717, 1.165) is 11.1 Å². The van der Waals surface area contributed by atoms with Crippen molar-refractivity contribution in [3.05, 3.63) is 16.4 Å². The molecule has 1 fully saturated rings. The van der Waals surface area contributed by atoms with Gasteiger partial charge in [0.25, 0.3) is 0 Å². The second-order valence-electron chi connectivity index (χ2n) is 5.22. The van der Waals surface area contributed by atoms with E-state index in [1.165, 1.54) is 0 Å². The Morgan fingerprint density at radius 1 is 1.48 bits per heavy atom. The van der Waals surface area contributed by atoms with Crippen molar-refractivity contribution in [1.82, 2.24) is 9.97 Å². The zero-order valence-electron chi connectivity index (χ0n) is 11.3. The first-order valence-electron chi connectivity index (χ1n) is 6.52. The van der Waals surface area contributed by atoms with Crippen molar-refractivity contribution in [2.45, 2.75) is 31.5 Å². The summed E-state index contributed by atoms with van der Waals surface area (Å²) < 4.78 is 5.93. The Kier molecular flexibility index (Phi) is 3.56. The van der Waals surface area contributed by atoms with Gasteiger partial charge in [0, 0.05) is 5.57 Å². The standard InChI is InChI=1S/C12H16N4O4S/c1-4-2-16(9-6(4)10(21)15-12(13)14-9)11-8(19)7(18)5(3-17)20-11/h2,5,7-8,11,17-19H,3H2,1H3,(H3,13,14,15,21)/p+1/t5-,7-,8-,11-/m1/s1. The summed E-state index contributed by atoms with van der Waals surface area (Å²) in [5, 5.41) is 29.2. The van der Waals surface area contributed by atoms with Crippen molar-refractivity contribution in [3.8, 4) is 0 Å². The number of ether oxygens (including phenoxy) is 1. The summed E-state index contributed by atoms with van der Waals surface area (Å²) in [5.74, 6) is 0.811. The van der Waals surface area contributed by atoms with Crippen molar-refractivity contribution >= 4 is 29.6 Å². The summed E-state index contributed by atoms with van der Waals surface area (Å²) in [5.41, 5.74) is 7.31. The number of hydrogen-bond acceptors (Lipinski definition) is 7. The Morgan fingerprint density at radius 3 is 2.81 bits per heavy atom. The molecule has 2 aliphatic rings. The lowest BCUT2D eigenvalue weighted by Gasteiger charge is -2.21. The van der Waals surface area contributed by atoms with Crippen LogP contribution in [-0.4, -0.2) is 56.4 Å². The Hall–Kier alpha value is -1.36. The fourth-order valence-corrected chi connectivity index (χ4v) is 3.19. The molecule has 1 saturated heterocycles. The van der Waals surface area contributed by atoms with Gasteiger partial charge in [-0.05, 0) is 6.92 Å². The number of rotatable bonds is 2. The van der Waals surface area contributed by atoms with Crippen molar-refractivity contribution in [1.29, 1.82) is 0 Å². The summed E-state index contributed by atoms with van der Waals surface area (Å²) in [6.45, 7) is 1.50. The van der Waals surface area contributed by atoms with E-state index in [-0.39, 0.29) is 12.6 Å². The normalized spacial score (nSPS) is 34.9. The van der Waals surface area contributed by atoms with Gasteiger partial charge in [0.15, 0.2) is 6.10 Å². The average molecular weight is 313 g/mol. The van der Waals surface area contributed by atoms with Gasteiger partial charge in [0.05, 0.1) is 12.2 Å². The number of aromatic nitrogens is 2. The van der Waals surface area contributed by atoms with E-state index >= 15 is 0 Å². The largest absolute Gasteiger partial charge is 0.394 e. The number of allylic oxidation sites excluding steroid dienone is 1. The molecule has 0 aliphatic carbocycles. The lowest BCUT2D eigenvalue weighted by Crippen LogP contribution is -3.08. The Morgan fingerprint density at radius 2 is 2.19 bits per heavy atom. The summed E-state index contributed by atoms with van der Waals surface area (Å²) in [6.07, 6.45) is -2.05. The molecule has 3 rings (SSSR count). The first-order chi connectivity index (χ1) is 9.93. The molecule has 0 bridgehead atoms. The molecule has 1 aromatic heterocycles. The topological polar surface area (TPSA) is 129 Å². The van der Waals surface area contributed by atoms with Gasteiger partial charge >= 0.3 is 0 Å². The van der Waals surface area contributed by atoms with E-state index in [4.69, 9.17) is 22.7 Å². The number of nitrogens with zero attached hydrogens (tertiary/aromatic N) is 1. The molecule has 8 nitrogen and oxygen atoms in total. The fourth-order valence-electron chi connectivity index (χ4n) is 2.83. The van der Waals surface area contributed by atoms with E-state index in [1.54, 1.807) is 0 Å². The van der Waals surface area contributed by atoms with Crippen LogP contribution < -0.4 is 10.6 Å². The van der Waals surface area contributed by atoms with Crippen LogP contribution in [0.15, 0.2) is 6.20 Å². The molecular weight excluding hydrogens is 296 g/mol. The number of aromatic amines is 1. The smallest absolute Gasteiger partial charge is 0.231 e. The molecule has 5 atom stereocenters. The second-order valence-corrected chi connectivity index (χ2v) is 5.61. The third-order valence-corrected chi connectivity index (χ3v) is 4.14. The molecule has 0 radical (unpaired) electrons. The number of hydrogen-bond donors (Lipinski definition) is 6. The Bertz CT molecular complexity index is 661. The SMILES string of the molecule is CC1=C[NH+]([C@@H]2O[C@H](CO)[C@@H](O)[C@H]2O)c2[nH]c(N)nc(=S)c21. The minimum Gasteiger partial charge on any atom is -0.394 e. The number of quaternary nitrogens is 1. The van der Waals surface area contributed by atoms with Crippen LogP contribution >= 0.6 is 12.2 Å². The van der Waals surface area contributed by atoms with E-state index in [1.807, 2.05) is 13.1 Å². The summed E-state index contributed by atoms with van der Waals surface area (Å²) in [6, 6.07) is 0. The van der Waals surface area contributed by atoms with Crippen LogP contribution in [0.3, 0.4) is 0 Å². The molecule has 0 spiro atoms. The quantitative estimate of drug-likeness (QED) is 0.350. The van der Waals surface area contributed by atoms with Crippen LogP contribution in [0.5, 0.6) is 0 Å². The third-order valence-electron chi connectivity index (χ3n) is 3.84. The van der Waals surface area contributed by atoms with Crippen molar-refractivity contribution in [2.24, 2.45) is 0 Å². The molecule has 2 aliphatic heterocycles. The summed E-state index contributed by atoms with van der Waals surface area (Å²) in [7, 11) is 0. The van der Waals surface area contributed by atoms with Crippen LogP contribution in [-0.2, 0) is 4.74 Å². The first kappa shape index (κ1) is 14.6. The van der Waals surface area contributed by atoms with Gasteiger partial charge in [-0.1, -0.05) is 12.2 Å². The molecule has 9 heteroatoms. The zero-order chi connectivity index (χ0) is 15.3. The lowest BCUT2D eigenvalue weighted by atomic mass is 10.1. The zero-order valence-corrected chi connectivity index (χ0v) is 12.1. The number of nitrogens with two attached hydrogens (primary N) is 1. The van der Waals surface area contributed by atoms with Crippen molar-refractivity contribution in [3.63, 3.8) is 0 Å². The average Bonchev–Trinajstić information content (AvgIpc) is 2.89. The molecule has 0 amide bonds. The second kappa shape index (κ2) is 5.13. The highest BCUT2D eigenvalue weighted by Gasteiger charge is 2.50. The van der Waals surface area contributed by atoms with Crippen LogP contribution in [0.4, 0.5) is 11.8 Å². The molecule has 3 heterocycles. The third kappa shape index (κ3) is 2.18. The van der Waals surface area contributed by atoms with Gasteiger partial charge in [0.1, 0.15) is 23.0 Å². The number of nitrogens with one attached hydrogen (secondary N) is 2. The minimum atomic E-state index is -1.15. The van der Waals surface area contributed by atoms with Crippen LogP contribution in [0.1, 0.15) is 12.5 Å². The monoisotopic (exact) mass is 313 g/mol. The summed E-state index contributed by atoms with van der Waals surface area (Å²) >= 11 is 5.21. The Labute approximate surface area is 125 Å². The maximum atomic E-state index is 10.1. The molecule has 1 unspecified atom stereocenters. The van der Waals surface area contributed by atoms with Crippen molar-refractivity contribution in [2.75, 3.05) is 12.3 Å². The predicted octanol–water partition coefficient (Wildman–Crippen LogP) is -1.95. The maximum Gasteiger partial charge on any atom is 0.231 e. The highest BCUT2D eigenvalue weighted by atomic mass is 32.1. The van der Waals surface area contributed by atoms with Crippen LogP contribution in [0.25, 0.3) is 5.57 Å². The lowest BCUT2D eigenvalue weighted by molar-refractivity contribution is -0.838. The number of aliphatic hydroxyl groups is 3. The molecular formula is C12H17N4O4S+. The molecule has 7 N–H and O–H groups in total. The van der Waals surface area contributed by atoms with Gasteiger partial charge < -0.3 is 25.8 Å². The number of anilines is 1. The highest BCUT2D eigenvalue weighted by Crippen LogP contribution is 2.27. The van der Waals surface area contributed by atoms with Gasteiger partial charge in [-0.25, -0.2) is 9.88 Å².